The molecular formula is C12H19N3O3. The molecule has 0 aromatic rings. The maximum Gasteiger partial charge on any atom is 0.407 e. The van der Waals surface area contributed by atoms with E-state index in [1.807, 2.05) is 4.90 Å². The van der Waals surface area contributed by atoms with Gasteiger partial charge >= 0.3 is 12.1 Å². The number of likely N-dealkylation sites (tertiary alicyclic amines) is 1. The van der Waals surface area contributed by atoms with E-state index in [-0.39, 0.29) is 11.6 Å². The first-order valence-corrected chi connectivity index (χ1v) is 6.64. The summed E-state index contributed by atoms with van der Waals surface area (Å²) < 4.78 is 0. The maximum absolute atomic E-state index is 11.9. The lowest BCUT2D eigenvalue weighted by Crippen LogP contribution is -2.55. The van der Waals surface area contributed by atoms with E-state index in [1.165, 1.54) is 17.7 Å². The molecule has 0 atom stereocenters. The van der Waals surface area contributed by atoms with E-state index in [0.29, 0.717) is 25.6 Å². The summed E-state index contributed by atoms with van der Waals surface area (Å²) in [5, 5.41) is 11.9. The normalized spacial score (nSPS) is 26.6. The molecule has 6 heteroatoms. The number of piperidine rings is 1. The van der Waals surface area contributed by atoms with E-state index in [0.717, 1.165) is 19.4 Å². The van der Waals surface area contributed by atoms with Gasteiger partial charge < -0.3 is 20.2 Å². The van der Waals surface area contributed by atoms with E-state index < -0.39 is 6.09 Å². The maximum atomic E-state index is 11.9. The molecule has 0 aromatic heterocycles. The van der Waals surface area contributed by atoms with Crippen molar-refractivity contribution < 1.29 is 14.7 Å². The van der Waals surface area contributed by atoms with E-state index >= 15 is 0 Å². The van der Waals surface area contributed by atoms with E-state index in [1.54, 1.807) is 0 Å². The minimum Gasteiger partial charge on any atom is -0.465 e. The SMILES string of the molecule is O=C(O)N1CCC2(CC1)CNC(=O)N2CC1CC1. The first-order valence-electron chi connectivity index (χ1n) is 6.64. The van der Waals surface area contributed by atoms with Crippen molar-refractivity contribution in [2.24, 2.45) is 5.92 Å². The predicted octanol–water partition coefficient (Wildman–Crippen LogP) is 0.934. The van der Waals surface area contributed by atoms with Gasteiger partial charge in [-0.2, -0.15) is 0 Å². The van der Waals surface area contributed by atoms with Crippen molar-refractivity contribution in [3.8, 4) is 0 Å². The third-order valence-electron chi connectivity index (χ3n) is 4.49. The molecule has 1 aliphatic carbocycles. The van der Waals surface area contributed by atoms with Crippen molar-refractivity contribution in [3.63, 3.8) is 0 Å². The standard InChI is InChI=1S/C12H19N3O3/c16-10-13-8-12(15(10)7-9-1-2-9)3-5-14(6-4-12)11(17)18/h9H,1-8H2,(H,13,16)(H,17,18). The number of carbonyl (C=O) groups is 2. The summed E-state index contributed by atoms with van der Waals surface area (Å²) in [7, 11) is 0. The predicted molar refractivity (Wildman–Crippen MR) is 64.4 cm³/mol. The molecule has 2 saturated heterocycles. The number of carboxylic acid groups (broad SMARTS) is 1. The Morgan fingerprint density at radius 2 is 2.06 bits per heavy atom. The van der Waals surface area contributed by atoms with Crippen LogP contribution in [0.25, 0.3) is 0 Å². The van der Waals surface area contributed by atoms with Crippen LogP contribution < -0.4 is 5.32 Å². The van der Waals surface area contributed by atoms with Gasteiger partial charge in [0.05, 0.1) is 5.54 Å². The quantitative estimate of drug-likeness (QED) is 0.769. The molecule has 3 rings (SSSR count). The molecule has 1 saturated carbocycles. The minimum atomic E-state index is -0.851. The Hall–Kier alpha value is -1.46. The van der Waals surface area contributed by atoms with Crippen LogP contribution in [0.3, 0.4) is 0 Å². The van der Waals surface area contributed by atoms with E-state index in [2.05, 4.69) is 5.32 Å². The first-order chi connectivity index (χ1) is 8.61. The summed E-state index contributed by atoms with van der Waals surface area (Å²) in [6.07, 6.45) is 3.11. The molecule has 18 heavy (non-hydrogen) atoms. The van der Waals surface area contributed by atoms with Gasteiger partial charge in [-0.3, -0.25) is 0 Å². The molecule has 0 unspecified atom stereocenters. The second-order valence-corrected chi connectivity index (χ2v) is 5.71. The van der Waals surface area contributed by atoms with Crippen LogP contribution >= 0.6 is 0 Å². The molecule has 3 fully saturated rings. The Morgan fingerprint density at radius 1 is 1.39 bits per heavy atom. The van der Waals surface area contributed by atoms with Gasteiger partial charge in [0.2, 0.25) is 0 Å². The smallest absolute Gasteiger partial charge is 0.407 e. The number of nitrogens with zero attached hydrogens (tertiary/aromatic N) is 2. The molecule has 100 valence electrons. The largest absolute Gasteiger partial charge is 0.465 e. The van der Waals surface area contributed by atoms with Crippen molar-refractivity contribution in [2.75, 3.05) is 26.2 Å². The third-order valence-corrected chi connectivity index (χ3v) is 4.49. The Kier molecular flexibility index (Phi) is 2.60. The van der Waals surface area contributed by atoms with E-state index in [4.69, 9.17) is 5.11 Å². The average Bonchev–Trinajstić information content (AvgIpc) is 3.12. The molecule has 2 aliphatic heterocycles. The van der Waals surface area contributed by atoms with Crippen LogP contribution in [0.1, 0.15) is 25.7 Å². The highest BCUT2D eigenvalue weighted by Crippen LogP contribution is 2.37. The molecule has 3 amide bonds. The van der Waals surface area contributed by atoms with Gasteiger partial charge in [-0.15, -0.1) is 0 Å². The van der Waals surface area contributed by atoms with Gasteiger partial charge in [0.15, 0.2) is 0 Å². The number of hydrogen-bond donors (Lipinski definition) is 2. The first kappa shape index (κ1) is 11.6. The Labute approximate surface area is 106 Å². The number of amides is 3. The number of urea groups is 1. The topological polar surface area (TPSA) is 72.9 Å². The van der Waals surface area contributed by atoms with Gasteiger partial charge in [0.1, 0.15) is 0 Å². The van der Waals surface area contributed by atoms with Crippen molar-refractivity contribution in [1.82, 2.24) is 15.1 Å². The third kappa shape index (κ3) is 1.89. The summed E-state index contributed by atoms with van der Waals surface area (Å²) >= 11 is 0. The van der Waals surface area contributed by atoms with Gasteiger partial charge in [0.25, 0.3) is 0 Å². The summed E-state index contributed by atoms with van der Waals surface area (Å²) in [6.45, 7) is 2.59. The molecule has 2 heterocycles. The summed E-state index contributed by atoms with van der Waals surface area (Å²) in [4.78, 5) is 26.3. The fraction of sp³-hybridized carbons (Fsp3) is 0.833. The van der Waals surface area contributed by atoms with Crippen molar-refractivity contribution in [3.05, 3.63) is 0 Å². The average molecular weight is 253 g/mol. The summed E-state index contributed by atoms with van der Waals surface area (Å²) in [6, 6.07) is 0.0330. The Morgan fingerprint density at radius 3 is 2.61 bits per heavy atom. The molecule has 0 aromatic carbocycles. The van der Waals surface area contributed by atoms with Crippen LogP contribution in [0.5, 0.6) is 0 Å². The highest BCUT2D eigenvalue weighted by Gasteiger charge is 2.48. The number of carbonyl (C=O) groups excluding carboxylic acids is 1. The van der Waals surface area contributed by atoms with Crippen molar-refractivity contribution in [1.29, 1.82) is 0 Å². The van der Waals surface area contributed by atoms with Gasteiger partial charge in [-0.05, 0) is 31.6 Å². The van der Waals surface area contributed by atoms with Gasteiger partial charge in [0, 0.05) is 26.2 Å². The minimum absolute atomic E-state index is 0.0330. The zero-order valence-corrected chi connectivity index (χ0v) is 10.4. The van der Waals surface area contributed by atoms with Crippen LogP contribution in [0.4, 0.5) is 9.59 Å². The molecule has 0 radical (unpaired) electrons. The summed E-state index contributed by atoms with van der Waals surface area (Å²) in [5.41, 5.74) is -0.133. The summed E-state index contributed by atoms with van der Waals surface area (Å²) in [5.74, 6) is 0.670. The van der Waals surface area contributed by atoms with Crippen LogP contribution in [-0.2, 0) is 0 Å². The number of hydrogen-bond acceptors (Lipinski definition) is 2. The Bertz CT molecular complexity index is 373. The van der Waals surface area contributed by atoms with Gasteiger partial charge in [-0.1, -0.05) is 0 Å². The number of nitrogens with one attached hydrogen (secondary N) is 1. The highest BCUT2D eigenvalue weighted by molar-refractivity contribution is 5.78. The lowest BCUT2D eigenvalue weighted by molar-refractivity contribution is 0.0698. The van der Waals surface area contributed by atoms with Crippen molar-refractivity contribution >= 4 is 12.1 Å². The molecular weight excluding hydrogens is 234 g/mol. The van der Waals surface area contributed by atoms with Gasteiger partial charge in [-0.25, -0.2) is 9.59 Å². The Balaban J connectivity index is 1.69. The highest BCUT2D eigenvalue weighted by atomic mass is 16.4. The zero-order chi connectivity index (χ0) is 12.8. The second-order valence-electron chi connectivity index (χ2n) is 5.71. The fourth-order valence-electron chi connectivity index (χ4n) is 3.04. The van der Waals surface area contributed by atoms with Crippen LogP contribution in [0, 0.1) is 5.92 Å². The van der Waals surface area contributed by atoms with E-state index in [9.17, 15) is 9.59 Å². The van der Waals surface area contributed by atoms with Crippen LogP contribution in [-0.4, -0.2) is 58.7 Å². The second kappa shape index (κ2) is 4.03. The van der Waals surface area contributed by atoms with Crippen LogP contribution in [0.15, 0.2) is 0 Å². The molecule has 3 aliphatic rings. The van der Waals surface area contributed by atoms with Crippen molar-refractivity contribution in [2.45, 2.75) is 31.2 Å². The monoisotopic (exact) mass is 253 g/mol. The fourth-order valence-corrected chi connectivity index (χ4v) is 3.04. The zero-order valence-electron chi connectivity index (χ0n) is 10.4. The molecule has 0 bridgehead atoms. The molecule has 1 spiro atoms. The lowest BCUT2D eigenvalue weighted by atomic mass is 9.87. The molecule has 2 N–H and O–H groups in total. The number of rotatable bonds is 2. The van der Waals surface area contributed by atoms with Crippen LogP contribution in [0.2, 0.25) is 0 Å². The molecule has 6 nitrogen and oxygen atoms in total. The lowest BCUT2D eigenvalue weighted by Gasteiger charge is -2.43.